The number of carbonyl (C=O) groups excluding carboxylic acids is 2. The summed E-state index contributed by atoms with van der Waals surface area (Å²) in [5.41, 5.74) is 34.4. The van der Waals surface area contributed by atoms with Crippen molar-refractivity contribution in [1.82, 2.24) is 16.0 Å². The van der Waals surface area contributed by atoms with Gasteiger partial charge in [-0.05, 0) is 89.9 Å². The molecule has 0 spiro atoms. The topological polar surface area (TPSA) is 333 Å². The molecule has 0 radical (unpaired) electrons. The number of carbonyl (C=O) groups is 2. The molecule has 1 fully saturated rings. The first-order valence-electron chi connectivity index (χ1n) is 21.8. The fourth-order valence-corrected chi connectivity index (χ4v) is 4.74. The van der Waals surface area contributed by atoms with Crippen LogP contribution < -0.4 is 55.1 Å². The molecule has 19 nitrogen and oxygen atoms in total. The normalized spacial score (nSPS) is 13.7. The summed E-state index contributed by atoms with van der Waals surface area (Å²) in [7, 11) is 2.69. The van der Waals surface area contributed by atoms with Gasteiger partial charge in [0.2, 0.25) is 0 Å². The summed E-state index contributed by atoms with van der Waals surface area (Å²) in [6.45, 7) is 23.8. The van der Waals surface area contributed by atoms with E-state index in [4.69, 9.17) is 63.9 Å². The lowest BCUT2D eigenvalue weighted by Crippen LogP contribution is -2.38. The van der Waals surface area contributed by atoms with E-state index in [1.165, 1.54) is 32.6 Å². The largest absolute Gasteiger partial charge is 0.492 e. The van der Waals surface area contributed by atoms with Gasteiger partial charge in [-0.1, -0.05) is 31.5 Å². The maximum atomic E-state index is 11.3. The van der Waals surface area contributed by atoms with E-state index in [1.807, 2.05) is 20.8 Å². The molecule has 1 aliphatic heterocycles. The second kappa shape index (κ2) is 69.9. The molecule has 26 heteroatoms. The Morgan fingerprint density at radius 3 is 1.43 bits per heavy atom. The Labute approximate surface area is 470 Å². The Morgan fingerprint density at radius 1 is 0.652 bits per heavy atom. The fraction of sp³-hybridized carbons (Fsp3) is 0.814. The lowest BCUT2D eigenvalue weighted by molar-refractivity contribution is -0.167. The lowest BCUT2D eigenvalue weighted by atomic mass is 10.1. The van der Waals surface area contributed by atoms with Gasteiger partial charge in [-0.3, -0.25) is 9.59 Å². The van der Waals surface area contributed by atoms with Gasteiger partial charge >= 0.3 is 11.9 Å². The molecule has 0 aliphatic carbocycles. The number of ether oxygens (including phenoxy) is 5. The monoisotopic (exact) mass is 1240 g/mol. The standard InChI is InChI=1S/C14H20O3.C11H24N2O2.C6H16N2O.C5H15N3O.C5H10O3.C2H8N2.6ClH.HI/c1-9-6-10(2)13(11(3)7-9)17-8-12(4)14(15)16-5;1-10(8-13-6-5-12)9-15-11-4-2-3-7-14-11;1-6(5-9)4-8-3-2-7;6-1-2-8-3-5(7)4-9;1-4(3-6)5(7)8-2;3-1-2-4;;;;;;;/h6-7,12H,8H2,1-5H3;10-11,13H,2-9,12H2,1H3;6,8-9H,2-5,7H2,1H3;5,8-9H,1-4,6-7H2;4,6H,3H2,1-2H3;1-4H2;7*1H/t12-;10-,11?;6-;5-;4-;;;;;;;;/m01110......../s1. The van der Waals surface area contributed by atoms with E-state index < -0.39 is 0 Å². The third-order valence-corrected chi connectivity index (χ3v) is 8.34. The summed E-state index contributed by atoms with van der Waals surface area (Å²) >= 11 is 0. The van der Waals surface area contributed by atoms with Crippen LogP contribution in [0, 0.1) is 44.4 Å². The highest BCUT2D eigenvalue weighted by Crippen LogP contribution is 2.25. The average Bonchev–Trinajstić information content (AvgIpc) is 3.28. The van der Waals surface area contributed by atoms with Gasteiger partial charge in [0.25, 0.3) is 0 Å². The second-order valence-electron chi connectivity index (χ2n) is 15.1. The molecule has 0 amide bonds. The molecule has 6 atom stereocenters. The van der Waals surface area contributed by atoms with Crippen LogP contribution in [0.5, 0.6) is 5.75 Å². The maximum Gasteiger partial charge on any atom is 0.311 e. The zero-order valence-electron chi connectivity index (χ0n) is 42.8. The molecular weight excluding hydrogens is 1140 g/mol. The number of nitrogens with two attached hydrogens (primary N) is 6. The lowest BCUT2D eigenvalue weighted by Gasteiger charge is -2.24. The third kappa shape index (κ3) is 63.9. The fourth-order valence-electron chi connectivity index (χ4n) is 4.74. The van der Waals surface area contributed by atoms with Crippen LogP contribution in [0.1, 0.15) is 63.6 Å². The third-order valence-electron chi connectivity index (χ3n) is 8.34. The van der Waals surface area contributed by atoms with Crippen molar-refractivity contribution in [2.75, 3.05) is 126 Å². The smallest absolute Gasteiger partial charge is 0.311 e. The van der Waals surface area contributed by atoms with Crippen molar-refractivity contribution in [2.24, 2.45) is 58.1 Å². The number of aliphatic hydroxyl groups excluding tert-OH is 3. The van der Waals surface area contributed by atoms with Gasteiger partial charge in [0, 0.05) is 78.2 Å². The van der Waals surface area contributed by atoms with Crippen molar-refractivity contribution < 1.29 is 48.6 Å². The number of aryl methyl sites for hydroxylation is 3. The minimum Gasteiger partial charge on any atom is -0.492 e. The van der Waals surface area contributed by atoms with Crippen LogP contribution in [0.15, 0.2) is 12.1 Å². The summed E-state index contributed by atoms with van der Waals surface area (Å²) in [4.78, 5) is 21.6. The van der Waals surface area contributed by atoms with Crippen LogP contribution in [-0.2, 0) is 28.5 Å². The molecule has 0 bridgehead atoms. The number of nitrogens with one attached hydrogen (secondary N) is 3. The van der Waals surface area contributed by atoms with E-state index in [9.17, 15) is 9.59 Å². The van der Waals surface area contributed by atoms with E-state index in [1.54, 1.807) is 13.8 Å². The molecule has 69 heavy (non-hydrogen) atoms. The molecular formula is C43H100Cl6IN9O10. The number of methoxy groups -OCH3 is 2. The van der Waals surface area contributed by atoms with Crippen LogP contribution in [0.3, 0.4) is 0 Å². The predicted octanol–water partition coefficient (Wildman–Crippen LogP) is 2.37. The number of esters is 2. The quantitative estimate of drug-likeness (QED) is 0.0402. The first-order chi connectivity index (χ1) is 29.5. The van der Waals surface area contributed by atoms with E-state index in [0.717, 1.165) is 69.2 Å². The molecule has 1 saturated heterocycles. The summed E-state index contributed by atoms with van der Waals surface area (Å²) in [5.74, 6) is 0.477. The molecule has 1 aromatic carbocycles. The minimum atomic E-state index is -0.389. The number of benzene rings is 1. The second-order valence-corrected chi connectivity index (χ2v) is 15.1. The van der Waals surface area contributed by atoms with Crippen molar-refractivity contribution in [1.29, 1.82) is 0 Å². The number of halogens is 7. The number of hydrogen-bond acceptors (Lipinski definition) is 19. The molecule has 1 heterocycles. The molecule has 426 valence electrons. The van der Waals surface area contributed by atoms with Crippen molar-refractivity contribution in [3.63, 3.8) is 0 Å². The van der Waals surface area contributed by atoms with Crippen molar-refractivity contribution >= 4 is 110 Å². The summed E-state index contributed by atoms with van der Waals surface area (Å²) in [5, 5.41) is 34.7. The van der Waals surface area contributed by atoms with Gasteiger partial charge in [-0.2, -0.15) is 0 Å². The predicted molar refractivity (Wildman–Crippen MR) is 308 cm³/mol. The van der Waals surface area contributed by atoms with Crippen LogP contribution in [-0.4, -0.2) is 165 Å². The van der Waals surface area contributed by atoms with Gasteiger partial charge in [-0.25, -0.2) is 0 Å². The number of hydrogen-bond donors (Lipinski definition) is 12. The highest BCUT2D eigenvalue weighted by Gasteiger charge is 2.16. The van der Waals surface area contributed by atoms with Crippen LogP contribution in [0.4, 0.5) is 0 Å². The van der Waals surface area contributed by atoms with E-state index in [2.05, 4.69) is 51.4 Å². The molecule has 1 unspecified atom stereocenters. The molecule has 18 N–H and O–H groups in total. The molecule has 0 saturated carbocycles. The highest BCUT2D eigenvalue weighted by molar-refractivity contribution is 14.0. The van der Waals surface area contributed by atoms with Gasteiger partial charge in [0.05, 0.1) is 45.9 Å². The Bertz CT molecular complexity index is 1140. The van der Waals surface area contributed by atoms with Gasteiger partial charge < -0.3 is 89.4 Å². The van der Waals surface area contributed by atoms with Crippen LogP contribution in [0.25, 0.3) is 0 Å². The van der Waals surface area contributed by atoms with E-state index >= 15 is 0 Å². The van der Waals surface area contributed by atoms with Crippen molar-refractivity contribution in [2.45, 2.75) is 80.1 Å². The zero-order chi connectivity index (χ0) is 48.1. The van der Waals surface area contributed by atoms with Crippen molar-refractivity contribution in [3.8, 4) is 5.75 Å². The van der Waals surface area contributed by atoms with Gasteiger partial charge in [-0.15, -0.1) is 98.4 Å². The highest BCUT2D eigenvalue weighted by atomic mass is 127. The Balaban J connectivity index is -0.0000000665. The van der Waals surface area contributed by atoms with Gasteiger partial charge in [0.15, 0.2) is 6.29 Å². The van der Waals surface area contributed by atoms with Crippen molar-refractivity contribution in [3.05, 3.63) is 28.8 Å². The molecule has 1 aromatic rings. The maximum absolute atomic E-state index is 11.3. The van der Waals surface area contributed by atoms with E-state index in [-0.39, 0.29) is 154 Å². The molecule has 1 aliphatic rings. The van der Waals surface area contributed by atoms with Gasteiger partial charge in [0.1, 0.15) is 12.4 Å². The number of aliphatic hydroxyl groups is 3. The zero-order valence-corrected chi connectivity index (χ0v) is 50.0. The SMILES string of the molecule is COC(=O)[C@@H](C)CO.COC(=O)[C@@H](C)COc1c(C)cc(C)cc1C.C[C@@H](CO)CNCCN.C[C@H](CNCCN)COC1CCCCO1.Cl.Cl.Cl.Cl.Cl.Cl.I.NCCN.NCCNC[C@@H](N)CO. The van der Waals surface area contributed by atoms with Crippen LogP contribution >= 0.6 is 98.4 Å². The van der Waals surface area contributed by atoms with E-state index in [0.29, 0.717) is 57.7 Å². The average molecular weight is 1240 g/mol. The summed E-state index contributed by atoms with van der Waals surface area (Å²) in [6.07, 6.45) is 3.48. The molecule has 0 aromatic heterocycles. The summed E-state index contributed by atoms with van der Waals surface area (Å²) < 4.78 is 25.8. The number of rotatable bonds is 24. The first-order valence-corrected chi connectivity index (χ1v) is 21.8. The first kappa shape index (κ1) is 94.7. The molecule has 2 rings (SSSR count). The Morgan fingerprint density at radius 2 is 1.09 bits per heavy atom. The Kier molecular flexibility index (Phi) is 96.0. The minimum absolute atomic E-state index is 0. The Hall–Kier alpha value is -0.130. The van der Waals surface area contributed by atoms with Crippen LogP contribution in [0.2, 0.25) is 0 Å². The summed E-state index contributed by atoms with van der Waals surface area (Å²) in [6, 6.07) is 3.99.